The molecule has 0 saturated carbocycles. The molecule has 108 valence electrons. The lowest BCUT2D eigenvalue weighted by molar-refractivity contribution is 0.0526. The van der Waals surface area contributed by atoms with E-state index in [0.29, 0.717) is 17.5 Å². The Bertz CT molecular complexity index is 525. The van der Waals surface area contributed by atoms with Crippen molar-refractivity contribution in [2.75, 3.05) is 24.6 Å². The van der Waals surface area contributed by atoms with Crippen LogP contribution in [-0.2, 0) is 9.47 Å². The summed E-state index contributed by atoms with van der Waals surface area (Å²) in [4.78, 5) is 30.4. The Balaban J connectivity index is 1.95. The van der Waals surface area contributed by atoms with Crippen LogP contribution in [0.1, 0.15) is 17.3 Å². The van der Waals surface area contributed by atoms with Crippen LogP contribution in [0, 0.1) is 0 Å². The molecule has 1 atom stereocenters. The van der Waals surface area contributed by atoms with E-state index in [9.17, 15) is 9.59 Å². The molecule has 1 saturated heterocycles. The molecule has 0 bridgehead atoms. The molecule has 0 aliphatic carbocycles. The molecule has 8 nitrogen and oxygen atoms in total. The molecule has 20 heavy (non-hydrogen) atoms. The topological polar surface area (TPSA) is 116 Å². The Hall–Kier alpha value is -2.03. The van der Waals surface area contributed by atoms with E-state index >= 15 is 0 Å². The van der Waals surface area contributed by atoms with Crippen LogP contribution >= 0.6 is 11.8 Å². The second kappa shape index (κ2) is 6.42. The maximum Gasteiger partial charge on any atom is 0.407 e. The predicted molar refractivity (Wildman–Crippen MR) is 71.4 cm³/mol. The summed E-state index contributed by atoms with van der Waals surface area (Å²) in [6.45, 7) is 2.42. The number of nitrogens with two attached hydrogens (primary N) is 1. The van der Waals surface area contributed by atoms with Gasteiger partial charge in [0.05, 0.1) is 13.2 Å². The maximum absolute atomic E-state index is 11.5. The molecular weight excluding hydrogens is 284 g/mol. The van der Waals surface area contributed by atoms with Crippen LogP contribution in [0.5, 0.6) is 0 Å². The molecule has 1 fully saturated rings. The summed E-state index contributed by atoms with van der Waals surface area (Å²) in [7, 11) is 0. The molecule has 0 radical (unpaired) electrons. The lowest BCUT2D eigenvalue weighted by atomic mass is 10.3. The van der Waals surface area contributed by atoms with Gasteiger partial charge in [0.1, 0.15) is 17.5 Å². The van der Waals surface area contributed by atoms with Crippen molar-refractivity contribution in [3.8, 4) is 0 Å². The number of nitrogen functional groups attached to an aromatic ring is 1. The SMILES string of the molecule is CCOC(=O)c1cnc(SCC2CNC(=O)O2)nc1N. The van der Waals surface area contributed by atoms with Crippen molar-refractivity contribution >= 4 is 29.6 Å². The summed E-state index contributed by atoms with van der Waals surface area (Å²) >= 11 is 1.30. The highest BCUT2D eigenvalue weighted by Crippen LogP contribution is 2.19. The molecule has 1 aromatic rings. The van der Waals surface area contributed by atoms with Crippen molar-refractivity contribution in [1.29, 1.82) is 0 Å². The largest absolute Gasteiger partial charge is 0.462 e. The molecule has 2 heterocycles. The zero-order valence-corrected chi connectivity index (χ0v) is 11.6. The van der Waals surface area contributed by atoms with Gasteiger partial charge in [-0.2, -0.15) is 0 Å². The third kappa shape index (κ3) is 3.50. The van der Waals surface area contributed by atoms with Gasteiger partial charge in [0.25, 0.3) is 0 Å². The van der Waals surface area contributed by atoms with Gasteiger partial charge in [-0.1, -0.05) is 11.8 Å². The predicted octanol–water partition coefficient (Wildman–Crippen LogP) is 0.436. The summed E-state index contributed by atoms with van der Waals surface area (Å²) in [5.41, 5.74) is 5.84. The third-order valence-corrected chi connectivity index (χ3v) is 3.43. The van der Waals surface area contributed by atoms with E-state index in [1.807, 2.05) is 0 Å². The van der Waals surface area contributed by atoms with Crippen LogP contribution in [0.25, 0.3) is 0 Å². The van der Waals surface area contributed by atoms with Gasteiger partial charge in [-0.05, 0) is 6.92 Å². The van der Waals surface area contributed by atoms with Crippen molar-refractivity contribution in [3.05, 3.63) is 11.8 Å². The average Bonchev–Trinajstić information content (AvgIpc) is 2.82. The highest BCUT2D eigenvalue weighted by molar-refractivity contribution is 7.99. The smallest absolute Gasteiger partial charge is 0.407 e. The first-order valence-corrected chi connectivity index (χ1v) is 6.95. The van der Waals surface area contributed by atoms with Crippen LogP contribution < -0.4 is 11.1 Å². The Labute approximate surface area is 119 Å². The molecule has 3 N–H and O–H groups in total. The number of ether oxygens (including phenoxy) is 2. The molecule has 1 unspecified atom stereocenters. The molecule has 1 aliphatic rings. The summed E-state index contributed by atoms with van der Waals surface area (Å²) in [6, 6.07) is 0. The number of thioether (sulfide) groups is 1. The second-order valence-corrected chi connectivity index (χ2v) is 4.88. The minimum Gasteiger partial charge on any atom is -0.462 e. The quantitative estimate of drug-likeness (QED) is 0.457. The van der Waals surface area contributed by atoms with E-state index in [1.54, 1.807) is 6.92 Å². The highest BCUT2D eigenvalue weighted by atomic mass is 32.2. The Morgan fingerprint density at radius 2 is 2.50 bits per heavy atom. The van der Waals surface area contributed by atoms with Gasteiger partial charge in [-0.25, -0.2) is 19.6 Å². The van der Waals surface area contributed by atoms with Gasteiger partial charge in [0.2, 0.25) is 0 Å². The average molecular weight is 298 g/mol. The number of carbonyl (C=O) groups excluding carboxylic acids is 2. The van der Waals surface area contributed by atoms with E-state index in [2.05, 4.69) is 15.3 Å². The monoisotopic (exact) mass is 298 g/mol. The summed E-state index contributed by atoms with van der Waals surface area (Å²) in [6.07, 6.45) is 0.692. The number of hydrogen-bond acceptors (Lipinski definition) is 8. The fourth-order valence-corrected chi connectivity index (χ4v) is 2.32. The summed E-state index contributed by atoms with van der Waals surface area (Å²) in [5, 5.41) is 2.97. The first-order chi connectivity index (χ1) is 9.60. The van der Waals surface area contributed by atoms with Crippen LogP contribution in [0.3, 0.4) is 0 Å². The van der Waals surface area contributed by atoms with E-state index < -0.39 is 12.1 Å². The molecule has 0 aromatic carbocycles. The summed E-state index contributed by atoms with van der Waals surface area (Å²) < 4.78 is 9.81. The van der Waals surface area contributed by atoms with Crippen LogP contribution in [-0.4, -0.2) is 47.0 Å². The molecule has 1 aliphatic heterocycles. The minimum atomic E-state index is -0.546. The number of esters is 1. The van der Waals surface area contributed by atoms with Gasteiger partial charge in [-0.15, -0.1) is 0 Å². The van der Waals surface area contributed by atoms with Crippen LogP contribution in [0.2, 0.25) is 0 Å². The Morgan fingerprint density at radius 3 is 3.10 bits per heavy atom. The fourth-order valence-electron chi connectivity index (χ4n) is 1.51. The molecule has 2 rings (SSSR count). The Morgan fingerprint density at radius 1 is 1.70 bits per heavy atom. The van der Waals surface area contributed by atoms with Crippen molar-refractivity contribution in [3.63, 3.8) is 0 Å². The standard InChI is InChI=1S/C11H14N4O4S/c1-2-18-9(16)7-4-13-10(15-8(7)12)20-5-6-3-14-11(17)19-6/h4,6H,2-3,5H2,1H3,(H,14,17)(H2,12,13,15). The van der Waals surface area contributed by atoms with Crippen molar-refractivity contribution in [2.45, 2.75) is 18.2 Å². The number of alkyl carbamates (subject to hydrolysis) is 1. The molecule has 1 amide bonds. The maximum atomic E-state index is 11.5. The fraction of sp³-hybridized carbons (Fsp3) is 0.455. The van der Waals surface area contributed by atoms with E-state index in [4.69, 9.17) is 15.2 Å². The van der Waals surface area contributed by atoms with Gasteiger partial charge in [-0.3, -0.25) is 0 Å². The zero-order chi connectivity index (χ0) is 14.5. The first-order valence-electron chi connectivity index (χ1n) is 5.97. The second-order valence-electron chi connectivity index (χ2n) is 3.89. The van der Waals surface area contributed by atoms with E-state index in [0.717, 1.165) is 0 Å². The molecule has 9 heteroatoms. The third-order valence-electron chi connectivity index (χ3n) is 2.44. The van der Waals surface area contributed by atoms with E-state index in [-0.39, 0.29) is 24.1 Å². The molecular formula is C11H14N4O4S. The van der Waals surface area contributed by atoms with Gasteiger partial charge < -0.3 is 20.5 Å². The first kappa shape index (κ1) is 14.4. The van der Waals surface area contributed by atoms with E-state index in [1.165, 1.54) is 18.0 Å². The lowest BCUT2D eigenvalue weighted by Gasteiger charge is -2.08. The summed E-state index contributed by atoms with van der Waals surface area (Å²) in [5.74, 6) is 0.0367. The molecule has 0 spiro atoms. The van der Waals surface area contributed by atoms with Gasteiger partial charge >= 0.3 is 12.1 Å². The molecule has 1 aromatic heterocycles. The van der Waals surface area contributed by atoms with Gasteiger partial charge in [0, 0.05) is 11.9 Å². The number of aromatic nitrogens is 2. The number of rotatable bonds is 5. The lowest BCUT2D eigenvalue weighted by Crippen LogP contribution is -2.17. The number of carbonyl (C=O) groups is 2. The normalized spacial score (nSPS) is 17.4. The number of nitrogens with zero attached hydrogens (tertiary/aromatic N) is 2. The van der Waals surface area contributed by atoms with Crippen molar-refractivity contribution in [1.82, 2.24) is 15.3 Å². The number of anilines is 1. The minimum absolute atomic E-state index is 0.0718. The Kier molecular flexibility index (Phi) is 4.61. The van der Waals surface area contributed by atoms with Crippen molar-refractivity contribution in [2.24, 2.45) is 0 Å². The van der Waals surface area contributed by atoms with Crippen molar-refractivity contribution < 1.29 is 19.1 Å². The van der Waals surface area contributed by atoms with Crippen LogP contribution in [0.4, 0.5) is 10.6 Å². The van der Waals surface area contributed by atoms with Crippen LogP contribution in [0.15, 0.2) is 11.4 Å². The number of hydrogen-bond donors (Lipinski definition) is 2. The number of amides is 1. The number of nitrogens with one attached hydrogen (secondary N) is 1. The van der Waals surface area contributed by atoms with Gasteiger partial charge in [0.15, 0.2) is 5.16 Å². The zero-order valence-electron chi connectivity index (χ0n) is 10.8. The highest BCUT2D eigenvalue weighted by Gasteiger charge is 2.23. The number of cyclic esters (lactones) is 1.